The first-order valence-corrected chi connectivity index (χ1v) is 9.17. The lowest BCUT2D eigenvalue weighted by Crippen LogP contribution is -2.30. The van der Waals surface area contributed by atoms with E-state index >= 15 is 0 Å². The number of halogens is 6. The number of hydrogen-bond acceptors (Lipinski definition) is 5. The number of hydrogen-bond donors (Lipinski definition) is 1. The predicted octanol–water partition coefficient (Wildman–Crippen LogP) is 3.10. The van der Waals surface area contributed by atoms with Gasteiger partial charge < -0.3 is 5.32 Å². The number of carbonyl (C=O) groups excluding carboxylic acids is 1. The Morgan fingerprint density at radius 2 is 1.83 bits per heavy atom. The summed E-state index contributed by atoms with van der Waals surface area (Å²) >= 11 is 0.0530. The van der Waals surface area contributed by atoms with Gasteiger partial charge in [0, 0.05) is 12.6 Å². The Labute approximate surface area is 168 Å². The molecular formula is C16H13F6N5O2S. The second kappa shape index (κ2) is 7.41. The van der Waals surface area contributed by atoms with E-state index in [9.17, 15) is 35.9 Å². The zero-order valence-electron chi connectivity index (χ0n) is 15.4. The average Bonchev–Trinajstić information content (AvgIpc) is 3.15. The SMILES string of the molecule is CCNC(=O)c1c(C(F)(F)F)sc2nc(Cn3nc(C)cc3C(F)(F)F)cc(=O)n12. The fraction of sp³-hybridized carbons (Fsp3) is 0.375. The number of nitrogens with zero attached hydrogens (tertiary/aromatic N) is 4. The molecular weight excluding hydrogens is 440 g/mol. The number of carbonyl (C=O) groups is 1. The first-order valence-electron chi connectivity index (χ1n) is 8.35. The molecule has 3 rings (SSSR count). The van der Waals surface area contributed by atoms with Crippen LogP contribution in [0.15, 0.2) is 16.9 Å². The third-order valence-electron chi connectivity index (χ3n) is 3.89. The molecule has 14 heteroatoms. The molecule has 162 valence electrons. The summed E-state index contributed by atoms with van der Waals surface area (Å²) in [5.41, 5.74) is -3.20. The molecule has 0 radical (unpaired) electrons. The van der Waals surface area contributed by atoms with Gasteiger partial charge in [0.2, 0.25) is 0 Å². The Morgan fingerprint density at radius 3 is 2.40 bits per heavy atom. The molecule has 30 heavy (non-hydrogen) atoms. The summed E-state index contributed by atoms with van der Waals surface area (Å²) in [4.78, 5) is 26.7. The molecule has 0 unspecified atom stereocenters. The number of amides is 1. The van der Waals surface area contributed by atoms with Gasteiger partial charge in [-0.2, -0.15) is 31.4 Å². The van der Waals surface area contributed by atoms with Gasteiger partial charge in [-0.1, -0.05) is 11.3 Å². The molecule has 0 saturated carbocycles. The maximum atomic E-state index is 13.4. The number of thiazole rings is 1. The second-order valence-corrected chi connectivity index (χ2v) is 7.14. The first-order chi connectivity index (χ1) is 13.8. The van der Waals surface area contributed by atoms with Crippen molar-refractivity contribution in [2.75, 3.05) is 6.54 Å². The fourth-order valence-corrected chi connectivity index (χ4v) is 3.81. The van der Waals surface area contributed by atoms with Gasteiger partial charge in [-0.3, -0.25) is 14.3 Å². The van der Waals surface area contributed by atoms with Gasteiger partial charge in [0.15, 0.2) is 4.96 Å². The van der Waals surface area contributed by atoms with Crippen LogP contribution in [0.5, 0.6) is 0 Å². The minimum Gasteiger partial charge on any atom is -0.351 e. The van der Waals surface area contributed by atoms with Crippen LogP contribution in [-0.4, -0.2) is 31.6 Å². The van der Waals surface area contributed by atoms with E-state index in [1.165, 1.54) is 13.8 Å². The molecule has 0 aliphatic heterocycles. The first kappa shape index (κ1) is 21.8. The van der Waals surface area contributed by atoms with Crippen molar-refractivity contribution in [3.05, 3.63) is 50.1 Å². The molecule has 0 aromatic carbocycles. The van der Waals surface area contributed by atoms with E-state index in [0.29, 0.717) is 9.08 Å². The van der Waals surface area contributed by atoms with E-state index in [1.807, 2.05) is 0 Å². The summed E-state index contributed by atoms with van der Waals surface area (Å²) in [7, 11) is 0. The lowest BCUT2D eigenvalue weighted by molar-refractivity contribution is -0.144. The van der Waals surface area contributed by atoms with Crippen molar-refractivity contribution >= 4 is 22.2 Å². The zero-order valence-corrected chi connectivity index (χ0v) is 16.2. The lowest BCUT2D eigenvalue weighted by Gasteiger charge is -2.10. The van der Waals surface area contributed by atoms with Gasteiger partial charge in [-0.05, 0) is 19.9 Å². The number of nitrogens with one attached hydrogen (secondary N) is 1. The van der Waals surface area contributed by atoms with E-state index in [0.717, 1.165) is 12.1 Å². The number of aromatic nitrogens is 4. The lowest BCUT2D eigenvalue weighted by atomic mass is 10.3. The Morgan fingerprint density at radius 1 is 1.17 bits per heavy atom. The molecule has 0 atom stereocenters. The summed E-state index contributed by atoms with van der Waals surface area (Å²) < 4.78 is 80.7. The van der Waals surface area contributed by atoms with Crippen LogP contribution in [0.25, 0.3) is 4.96 Å². The van der Waals surface area contributed by atoms with Gasteiger partial charge >= 0.3 is 12.4 Å². The highest BCUT2D eigenvalue weighted by Gasteiger charge is 2.40. The smallest absolute Gasteiger partial charge is 0.351 e. The Bertz CT molecular complexity index is 1170. The van der Waals surface area contributed by atoms with Gasteiger partial charge in [0.1, 0.15) is 16.3 Å². The van der Waals surface area contributed by atoms with Crippen molar-refractivity contribution in [1.82, 2.24) is 24.5 Å². The summed E-state index contributed by atoms with van der Waals surface area (Å²) in [5.74, 6) is -1.12. The third kappa shape index (κ3) is 4.04. The molecule has 7 nitrogen and oxygen atoms in total. The highest BCUT2D eigenvalue weighted by atomic mass is 32.1. The van der Waals surface area contributed by atoms with Crippen molar-refractivity contribution < 1.29 is 31.1 Å². The number of aryl methyl sites for hydroxylation is 1. The fourth-order valence-electron chi connectivity index (χ4n) is 2.79. The van der Waals surface area contributed by atoms with Gasteiger partial charge in [0.25, 0.3) is 11.5 Å². The monoisotopic (exact) mass is 453 g/mol. The van der Waals surface area contributed by atoms with Crippen LogP contribution in [0.1, 0.15) is 39.4 Å². The Balaban J connectivity index is 2.16. The molecule has 1 N–H and O–H groups in total. The molecule has 3 heterocycles. The molecule has 0 saturated heterocycles. The highest BCUT2D eigenvalue weighted by molar-refractivity contribution is 7.17. The largest absolute Gasteiger partial charge is 0.433 e. The van der Waals surface area contributed by atoms with E-state index in [1.54, 1.807) is 0 Å². The maximum Gasteiger partial charge on any atom is 0.433 e. The molecule has 3 aromatic rings. The molecule has 1 amide bonds. The normalized spacial score (nSPS) is 12.5. The molecule has 3 aromatic heterocycles. The van der Waals surface area contributed by atoms with Crippen LogP contribution in [0.3, 0.4) is 0 Å². The molecule has 0 bridgehead atoms. The summed E-state index contributed by atoms with van der Waals surface area (Å²) in [5, 5.41) is 5.91. The summed E-state index contributed by atoms with van der Waals surface area (Å²) in [6, 6.07) is 1.57. The molecule has 0 fully saturated rings. The van der Waals surface area contributed by atoms with Gasteiger partial charge in [-0.25, -0.2) is 9.38 Å². The topological polar surface area (TPSA) is 81.3 Å². The van der Waals surface area contributed by atoms with E-state index in [4.69, 9.17) is 0 Å². The average molecular weight is 453 g/mol. The molecule has 0 aliphatic rings. The standard InChI is InChI=1S/C16H13F6N5O2S/c1-3-23-13(29)11-12(16(20,21)22)30-14-24-8(5-10(28)27(11)14)6-26-9(15(17,18)19)4-7(2)25-26/h4-5H,3,6H2,1-2H3,(H,23,29). The van der Waals surface area contributed by atoms with Crippen LogP contribution in [0.2, 0.25) is 0 Å². The van der Waals surface area contributed by atoms with Crippen molar-refractivity contribution in [2.24, 2.45) is 0 Å². The van der Waals surface area contributed by atoms with Crippen LogP contribution < -0.4 is 10.9 Å². The van der Waals surface area contributed by atoms with Crippen LogP contribution in [-0.2, 0) is 18.9 Å². The Hall–Kier alpha value is -2.90. The number of rotatable bonds is 4. The van der Waals surface area contributed by atoms with E-state index in [2.05, 4.69) is 15.4 Å². The van der Waals surface area contributed by atoms with E-state index in [-0.39, 0.29) is 29.3 Å². The van der Waals surface area contributed by atoms with Gasteiger partial charge in [0.05, 0.1) is 17.9 Å². The van der Waals surface area contributed by atoms with Crippen LogP contribution in [0.4, 0.5) is 26.3 Å². The van der Waals surface area contributed by atoms with Crippen LogP contribution in [0, 0.1) is 6.92 Å². The van der Waals surface area contributed by atoms with E-state index < -0.39 is 51.6 Å². The molecule has 0 spiro atoms. The quantitative estimate of drug-likeness (QED) is 0.616. The predicted molar refractivity (Wildman–Crippen MR) is 93.4 cm³/mol. The zero-order chi connectivity index (χ0) is 22.4. The minimum atomic E-state index is -4.94. The Kier molecular flexibility index (Phi) is 5.39. The third-order valence-corrected chi connectivity index (χ3v) is 4.97. The molecule has 0 aliphatic carbocycles. The van der Waals surface area contributed by atoms with Crippen molar-refractivity contribution in [2.45, 2.75) is 32.7 Å². The van der Waals surface area contributed by atoms with Crippen LogP contribution >= 0.6 is 11.3 Å². The number of fused-ring (bicyclic) bond motifs is 1. The van der Waals surface area contributed by atoms with Gasteiger partial charge in [-0.15, -0.1) is 0 Å². The van der Waals surface area contributed by atoms with Crippen molar-refractivity contribution in [3.8, 4) is 0 Å². The summed E-state index contributed by atoms with van der Waals surface area (Å²) in [6.45, 7) is 2.25. The number of alkyl halides is 6. The maximum absolute atomic E-state index is 13.4. The summed E-state index contributed by atoms with van der Waals surface area (Å²) in [6.07, 6.45) is -9.66. The highest BCUT2D eigenvalue weighted by Crippen LogP contribution is 2.37. The van der Waals surface area contributed by atoms with Crippen molar-refractivity contribution in [1.29, 1.82) is 0 Å². The second-order valence-electron chi connectivity index (χ2n) is 6.17. The van der Waals surface area contributed by atoms with Crippen molar-refractivity contribution in [3.63, 3.8) is 0 Å². The minimum absolute atomic E-state index is 0.0204.